The van der Waals surface area contributed by atoms with Crippen molar-refractivity contribution in [1.29, 1.82) is 0 Å². The Balaban J connectivity index is 1.57. The van der Waals surface area contributed by atoms with Gasteiger partial charge < -0.3 is 15.0 Å². The Labute approximate surface area is 129 Å². The number of hydrogen-bond acceptors (Lipinski definition) is 3. The summed E-state index contributed by atoms with van der Waals surface area (Å²) < 4.78 is 4.92. The molecule has 1 N–H and O–H groups in total. The summed E-state index contributed by atoms with van der Waals surface area (Å²) in [5.74, 6) is 0.400. The molecule has 22 heavy (non-hydrogen) atoms. The van der Waals surface area contributed by atoms with Crippen LogP contribution in [0.15, 0.2) is 36.4 Å². The molecule has 2 amide bonds. The average molecular weight is 300 g/mol. The first-order valence-electron chi connectivity index (χ1n) is 7.68. The van der Waals surface area contributed by atoms with Crippen LogP contribution in [0.3, 0.4) is 0 Å². The van der Waals surface area contributed by atoms with Crippen LogP contribution in [0.2, 0.25) is 0 Å². The first kappa shape index (κ1) is 14.6. The normalized spacial score (nSPS) is 20.3. The van der Waals surface area contributed by atoms with Gasteiger partial charge in [-0.05, 0) is 36.5 Å². The van der Waals surface area contributed by atoms with Crippen molar-refractivity contribution in [2.75, 3.05) is 18.5 Å². The molecule has 5 nitrogen and oxygen atoms in total. The molecule has 1 aromatic carbocycles. The Hall–Kier alpha value is -2.30. The van der Waals surface area contributed by atoms with Crippen molar-refractivity contribution in [2.24, 2.45) is 5.92 Å². The number of cyclic esters (lactones) is 1. The molecule has 1 aliphatic carbocycles. The van der Waals surface area contributed by atoms with Gasteiger partial charge in [0, 0.05) is 18.7 Å². The highest BCUT2D eigenvalue weighted by Gasteiger charge is 2.21. The maximum Gasteiger partial charge on any atom is 0.410 e. The first-order valence-corrected chi connectivity index (χ1v) is 7.68. The van der Waals surface area contributed by atoms with Gasteiger partial charge in [-0.25, -0.2) is 4.79 Å². The maximum absolute atomic E-state index is 12.0. The number of amides is 2. The highest BCUT2D eigenvalue weighted by Crippen LogP contribution is 2.21. The number of hydrogen-bond donors (Lipinski definition) is 1. The maximum atomic E-state index is 12.0. The molecule has 1 fully saturated rings. The minimum Gasteiger partial charge on any atom is -0.448 e. The second kappa shape index (κ2) is 6.64. The van der Waals surface area contributed by atoms with Gasteiger partial charge in [0.15, 0.2) is 0 Å². The lowest BCUT2D eigenvalue weighted by Crippen LogP contribution is -2.23. The molecule has 0 bridgehead atoms. The zero-order chi connectivity index (χ0) is 15.4. The van der Waals surface area contributed by atoms with E-state index in [0.29, 0.717) is 32.0 Å². The molecule has 5 heteroatoms. The third-order valence-corrected chi connectivity index (χ3v) is 3.99. The molecule has 1 aromatic rings. The van der Waals surface area contributed by atoms with Crippen LogP contribution in [-0.4, -0.2) is 30.1 Å². The molecule has 0 unspecified atom stereocenters. The zero-order valence-electron chi connectivity index (χ0n) is 12.5. The van der Waals surface area contributed by atoms with Crippen molar-refractivity contribution in [3.63, 3.8) is 0 Å². The number of ether oxygens (including phenoxy) is 1. The number of carbonyl (C=O) groups excluding carboxylic acids is 2. The van der Waals surface area contributed by atoms with E-state index >= 15 is 0 Å². The second-order valence-corrected chi connectivity index (χ2v) is 5.75. The van der Waals surface area contributed by atoms with E-state index in [1.807, 2.05) is 24.3 Å². The summed E-state index contributed by atoms with van der Waals surface area (Å²) in [6.07, 6.45) is 6.63. The zero-order valence-corrected chi connectivity index (χ0v) is 12.5. The number of rotatable bonds is 5. The Morgan fingerprint density at radius 3 is 3.05 bits per heavy atom. The van der Waals surface area contributed by atoms with E-state index in [1.165, 1.54) is 0 Å². The molecule has 0 saturated carbocycles. The third-order valence-electron chi connectivity index (χ3n) is 3.99. The highest BCUT2D eigenvalue weighted by atomic mass is 16.6. The van der Waals surface area contributed by atoms with Gasteiger partial charge >= 0.3 is 6.09 Å². The van der Waals surface area contributed by atoms with E-state index in [2.05, 4.69) is 17.5 Å². The van der Waals surface area contributed by atoms with E-state index in [0.717, 1.165) is 24.1 Å². The van der Waals surface area contributed by atoms with Crippen LogP contribution >= 0.6 is 0 Å². The summed E-state index contributed by atoms with van der Waals surface area (Å²) in [5, 5.41) is 2.94. The minimum absolute atomic E-state index is 0.0364. The molecule has 1 heterocycles. The van der Waals surface area contributed by atoms with Gasteiger partial charge in [-0.3, -0.25) is 4.79 Å². The van der Waals surface area contributed by atoms with Gasteiger partial charge in [-0.1, -0.05) is 24.3 Å². The number of nitrogens with one attached hydrogen (secondary N) is 1. The quantitative estimate of drug-likeness (QED) is 0.851. The third kappa shape index (κ3) is 3.67. The molecule has 0 radical (unpaired) electrons. The molecule has 1 atom stereocenters. The van der Waals surface area contributed by atoms with Crippen LogP contribution in [-0.2, 0) is 16.1 Å². The topological polar surface area (TPSA) is 58.6 Å². The lowest BCUT2D eigenvalue weighted by molar-refractivity contribution is -0.116. The Morgan fingerprint density at radius 2 is 2.32 bits per heavy atom. The first-order chi connectivity index (χ1) is 10.7. The highest BCUT2D eigenvalue weighted by molar-refractivity contribution is 5.91. The Bertz CT molecular complexity index is 597. The number of allylic oxidation sites excluding steroid dienone is 2. The average Bonchev–Trinajstić information content (AvgIpc) is 3.12. The fourth-order valence-corrected chi connectivity index (χ4v) is 2.85. The van der Waals surface area contributed by atoms with Gasteiger partial charge in [0.05, 0.1) is 6.54 Å². The molecule has 0 aromatic heterocycles. The number of nitrogens with zero attached hydrogens (tertiary/aromatic N) is 1. The molecule has 116 valence electrons. The Kier molecular flexibility index (Phi) is 4.42. The van der Waals surface area contributed by atoms with Crippen LogP contribution in [0.4, 0.5) is 10.5 Å². The molecule has 1 saturated heterocycles. The smallest absolute Gasteiger partial charge is 0.410 e. The van der Waals surface area contributed by atoms with E-state index in [-0.39, 0.29) is 12.0 Å². The molecule has 0 spiro atoms. The molecular formula is C17H20N2O3. The summed E-state index contributed by atoms with van der Waals surface area (Å²) in [6.45, 7) is 1.57. The van der Waals surface area contributed by atoms with Crippen molar-refractivity contribution in [1.82, 2.24) is 4.90 Å². The van der Waals surface area contributed by atoms with Crippen LogP contribution < -0.4 is 5.32 Å². The fourth-order valence-electron chi connectivity index (χ4n) is 2.85. The van der Waals surface area contributed by atoms with E-state index in [1.54, 1.807) is 4.90 Å². The monoisotopic (exact) mass is 300 g/mol. The number of anilines is 1. The number of benzene rings is 1. The van der Waals surface area contributed by atoms with Crippen molar-refractivity contribution >= 4 is 17.7 Å². The van der Waals surface area contributed by atoms with Crippen LogP contribution in [0.5, 0.6) is 0 Å². The van der Waals surface area contributed by atoms with Gasteiger partial charge in [0.2, 0.25) is 5.91 Å². The van der Waals surface area contributed by atoms with Crippen molar-refractivity contribution < 1.29 is 14.3 Å². The minimum atomic E-state index is -0.276. The van der Waals surface area contributed by atoms with Crippen LogP contribution in [0, 0.1) is 5.92 Å². The van der Waals surface area contributed by atoms with Gasteiger partial charge in [-0.15, -0.1) is 0 Å². The van der Waals surface area contributed by atoms with Crippen LogP contribution in [0.25, 0.3) is 0 Å². The number of carbonyl (C=O) groups is 2. The fraction of sp³-hybridized carbons (Fsp3) is 0.412. The van der Waals surface area contributed by atoms with Crippen molar-refractivity contribution in [2.45, 2.75) is 25.8 Å². The molecule has 1 aliphatic heterocycles. The molecular weight excluding hydrogens is 280 g/mol. The van der Waals surface area contributed by atoms with E-state index in [4.69, 9.17) is 4.74 Å². The Morgan fingerprint density at radius 1 is 1.41 bits per heavy atom. The summed E-state index contributed by atoms with van der Waals surface area (Å²) in [5.41, 5.74) is 1.76. The van der Waals surface area contributed by atoms with Gasteiger partial charge in [-0.2, -0.15) is 0 Å². The second-order valence-electron chi connectivity index (χ2n) is 5.75. The van der Waals surface area contributed by atoms with Crippen molar-refractivity contribution in [3.05, 3.63) is 42.0 Å². The predicted octanol–water partition coefficient (Wildman–Crippen LogP) is 2.93. The van der Waals surface area contributed by atoms with Gasteiger partial charge in [0.25, 0.3) is 0 Å². The summed E-state index contributed by atoms with van der Waals surface area (Å²) in [7, 11) is 0. The lowest BCUT2D eigenvalue weighted by atomic mass is 10.0. The molecule has 3 rings (SSSR count). The summed E-state index contributed by atoms with van der Waals surface area (Å²) in [6, 6.07) is 7.62. The predicted molar refractivity (Wildman–Crippen MR) is 83.3 cm³/mol. The van der Waals surface area contributed by atoms with Crippen molar-refractivity contribution in [3.8, 4) is 0 Å². The largest absolute Gasteiger partial charge is 0.448 e. The van der Waals surface area contributed by atoms with Crippen LogP contribution in [0.1, 0.15) is 24.8 Å². The molecule has 2 aliphatic rings. The van der Waals surface area contributed by atoms with Gasteiger partial charge in [0.1, 0.15) is 6.61 Å². The van der Waals surface area contributed by atoms with E-state index in [9.17, 15) is 9.59 Å². The standard InChI is InChI=1S/C17H20N2O3/c20-16(11-13-4-1-2-5-13)18-15-7-3-6-14(10-15)12-19-8-9-22-17(19)21/h1,3-4,6-7,10,13H,2,5,8-9,11-12H2,(H,18,20)/t13-/m0/s1. The summed E-state index contributed by atoms with van der Waals surface area (Å²) >= 11 is 0. The van der Waals surface area contributed by atoms with E-state index < -0.39 is 0 Å². The lowest BCUT2D eigenvalue weighted by Gasteiger charge is -2.14. The summed E-state index contributed by atoms with van der Waals surface area (Å²) in [4.78, 5) is 25.2. The SMILES string of the molecule is O=C(C[C@H]1C=CCC1)Nc1cccc(CN2CCOC2=O)c1.